The molecule has 2 aromatic carbocycles. The smallest absolute Gasteiger partial charge is 0.228 e. The summed E-state index contributed by atoms with van der Waals surface area (Å²) >= 11 is 0. The fourth-order valence-electron chi connectivity index (χ4n) is 2.91. The Morgan fingerprint density at radius 3 is 2.40 bits per heavy atom. The fourth-order valence-corrected chi connectivity index (χ4v) is 2.91. The summed E-state index contributed by atoms with van der Waals surface area (Å²) in [5.41, 5.74) is 3.05. The molecule has 2 unspecified atom stereocenters. The number of aromatic nitrogens is 3. The number of nitrogens with zero attached hydrogens (tertiary/aromatic N) is 3. The van der Waals surface area contributed by atoms with Crippen molar-refractivity contribution in [1.82, 2.24) is 20.1 Å². The van der Waals surface area contributed by atoms with Gasteiger partial charge < -0.3 is 5.32 Å². The highest BCUT2D eigenvalue weighted by Gasteiger charge is 2.20. The lowest BCUT2D eigenvalue weighted by atomic mass is 9.95. The van der Waals surface area contributed by atoms with Crippen LogP contribution in [0.4, 0.5) is 0 Å². The maximum Gasteiger partial charge on any atom is 0.228 e. The lowest BCUT2D eigenvalue weighted by Gasteiger charge is -2.20. The Morgan fingerprint density at radius 1 is 1.08 bits per heavy atom. The molecule has 0 spiro atoms. The number of carbonyl (C=O) groups excluding carboxylic acids is 1. The standard InChI is InChI=1S/C20H22N4O/c1-3-19(17-7-5-4-6-8-17)20(25)23-15(2)16-9-11-18(12-10-16)24-14-21-13-22-24/h4-15,19H,3H2,1-2H3,(H,23,25). The largest absolute Gasteiger partial charge is 0.349 e. The predicted octanol–water partition coefficient (Wildman–Crippen LogP) is 3.64. The van der Waals surface area contributed by atoms with Crippen molar-refractivity contribution in [2.24, 2.45) is 0 Å². The highest BCUT2D eigenvalue weighted by molar-refractivity contribution is 5.83. The van der Waals surface area contributed by atoms with Crippen LogP contribution in [0.5, 0.6) is 0 Å². The highest BCUT2D eigenvalue weighted by Crippen LogP contribution is 2.22. The van der Waals surface area contributed by atoms with Gasteiger partial charge in [0.05, 0.1) is 17.6 Å². The van der Waals surface area contributed by atoms with E-state index in [1.807, 2.05) is 68.4 Å². The zero-order chi connectivity index (χ0) is 17.6. The number of rotatable bonds is 6. The molecule has 5 nitrogen and oxygen atoms in total. The maximum absolute atomic E-state index is 12.7. The number of hydrogen-bond acceptors (Lipinski definition) is 3. The molecule has 3 aromatic rings. The zero-order valence-electron chi connectivity index (χ0n) is 14.5. The Hall–Kier alpha value is -2.95. The molecule has 5 heteroatoms. The van der Waals surface area contributed by atoms with Gasteiger partial charge >= 0.3 is 0 Å². The first kappa shape index (κ1) is 16.9. The van der Waals surface area contributed by atoms with Crippen molar-refractivity contribution >= 4 is 5.91 Å². The van der Waals surface area contributed by atoms with Gasteiger partial charge in [-0.2, -0.15) is 5.10 Å². The van der Waals surface area contributed by atoms with Crippen molar-refractivity contribution in [2.75, 3.05) is 0 Å². The van der Waals surface area contributed by atoms with Crippen LogP contribution in [0.15, 0.2) is 67.3 Å². The summed E-state index contributed by atoms with van der Waals surface area (Å²) in [5.74, 6) is -0.0698. The molecule has 0 fully saturated rings. The minimum atomic E-state index is -0.127. The molecule has 0 bridgehead atoms. The molecule has 25 heavy (non-hydrogen) atoms. The van der Waals surface area contributed by atoms with Crippen molar-refractivity contribution < 1.29 is 4.79 Å². The quantitative estimate of drug-likeness (QED) is 0.749. The van der Waals surface area contributed by atoms with Crippen molar-refractivity contribution in [2.45, 2.75) is 32.2 Å². The van der Waals surface area contributed by atoms with E-state index in [-0.39, 0.29) is 17.9 Å². The van der Waals surface area contributed by atoms with Crippen LogP contribution in [-0.2, 0) is 4.79 Å². The topological polar surface area (TPSA) is 59.8 Å². The van der Waals surface area contributed by atoms with Gasteiger partial charge in [0.25, 0.3) is 0 Å². The molecule has 0 radical (unpaired) electrons. The summed E-state index contributed by atoms with van der Waals surface area (Å²) in [6.45, 7) is 4.04. The van der Waals surface area contributed by atoms with Gasteiger partial charge in [0.1, 0.15) is 12.7 Å². The van der Waals surface area contributed by atoms with Crippen molar-refractivity contribution in [3.63, 3.8) is 0 Å². The van der Waals surface area contributed by atoms with Gasteiger partial charge in [-0.15, -0.1) is 0 Å². The SMILES string of the molecule is CCC(C(=O)NC(C)c1ccc(-n2cncn2)cc1)c1ccccc1. The van der Waals surface area contributed by atoms with E-state index < -0.39 is 0 Å². The second-order valence-corrected chi connectivity index (χ2v) is 6.03. The molecule has 0 aliphatic rings. The average Bonchev–Trinajstić information content (AvgIpc) is 3.18. The number of benzene rings is 2. The summed E-state index contributed by atoms with van der Waals surface area (Å²) < 4.78 is 1.70. The summed E-state index contributed by atoms with van der Waals surface area (Å²) in [6, 6.07) is 17.8. The molecular formula is C20H22N4O. The third kappa shape index (κ3) is 3.94. The Bertz CT molecular complexity index is 797. The molecule has 0 saturated heterocycles. The van der Waals surface area contributed by atoms with Gasteiger partial charge in [-0.25, -0.2) is 9.67 Å². The van der Waals surface area contributed by atoms with Crippen LogP contribution in [0.1, 0.15) is 43.4 Å². The number of nitrogens with one attached hydrogen (secondary N) is 1. The van der Waals surface area contributed by atoms with Gasteiger partial charge in [0, 0.05) is 0 Å². The third-order valence-corrected chi connectivity index (χ3v) is 4.36. The second kappa shape index (κ2) is 7.75. The number of amides is 1. The third-order valence-electron chi connectivity index (χ3n) is 4.36. The molecule has 1 aromatic heterocycles. The van der Waals surface area contributed by atoms with Crippen LogP contribution >= 0.6 is 0 Å². The van der Waals surface area contributed by atoms with Gasteiger partial charge in [0.2, 0.25) is 5.91 Å². The lowest BCUT2D eigenvalue weighted by Crippen LogP contribution is -2.31. The second-order valence-electron chi connectivity index (χ2n) is 6.03. The number of hydrogen-bond donors (Lipinski definition) is 1. The lowest BCUT2D eigenvalue weighted by molar-refractivity contribution is -0.123. The molecule has 1 N–H and O–H groups in total. The van der Waals surface area contributed by atoms with E-state index in [4.69, 9.17) is 0 Å². The fraction of sp³-hybridized carbons (Fsp3) is 0.250. The summed E-state index contributed by atoms with van der Waals surface area (Å²) in [6.07, 6.45) is 3.94. The van der Waals surface area contributed by atoms with E-state index in [9.17, 15) is 4.79 Å². The molecular weight excluding hydrogens is 312 g/mol. The first-order valence-corrected chi connectivity index (χ1v) is 8.49. The van der Waals surface area contributed by atoms with Crippen LogP contribution in [0.25, 0.3) is 5.69 Å². The predicted molar refractivity (Wildman–Crippen MR) is 97.4 cm³/mol. The summed E-state index contributed by atoms with van der Waals surface area (Å²) in [7, 11) is 0. The highest BCUT2D eigenvalue weighted by atomic mass is 16.1. The first-order valence-electron chi connectivity index (χ1n) is 8.49. The monoisotopic (exact) mass is 334 g/mol. The van der Waals surface area contributed by atoms with Crippen LogP contribution in [0, 0.1) is 0 Å². The first-order chi connectivity index (χ1) is 12.2. The average molecular weight is 334 g/mol. The van der Waals surface area contributed by atoms with E-state index in [0.717, 1.165) is 23.2 Å². The Balaban J connectivity index is 1.68. The van der Waals surface area contributed by atoms with Gasteiger partial charge in [-0.3, -0.25) is 4.79 Å². The molecule has 0 saturated carbocycles. The van der Waals surface area contributed by atoms with E-state index in [1.54, 1.807) is 11.0 Å². The van der Waals surface area contributed by atoms with Crippen LogP contribution in [-0.4, -0.2) is 20.7 Å². The van der Waals surface area contributed by atoms with Crippen LogP contribution in [0.3, 0.4) is 0 Å². The Labute approximate surface area is 147 Å². The van der Waals surface area contributed by atoms with Gasteiger partial charge in [-0.05, 0) is 36.6 Å². The normalized spacial score (nSPS) is 13.2. The molecule has 1 heterocycles. The molecule has 3 rings (SSSR count). The zero-order valence-corrected chi connectivity index (χ0v) is 14.5. The van der Waals surface area contributed by atoms with E-state index >= 15 is 0 Å². The molecule has 0 aliphatic heterocycles. The summed E-state index contributed by atoms with van der Waals surface area (Å²) in [5, 5.41) is 7.24. The van der Waals surface area contributed by atoms with Crippen molar-refractivity contribution in [1.29, 1.82) is 0 Å². The maximum atomic E-state index is 12.7. The Kier molecular flexibility index (Phi) is 5.23. The van der Waals surface area contributed by atoms with E-state index in [1.165, 1.54) is 6.33 Å². The molecule has 2 atom stereocenters. The van der Waals surface area contributed by atoms with E-state index in [2.05, 4.69) is 15.4 Å². The van der Waals surface area contributed by atoms with E-state index in [0.29, 0.717) is 0 Å². The Morgan fingerprint density at radius 2 is 1.80 bits per heavy atom. The summed E-state index contributed by atoms with van der Waals surface area (Å²) in [4.78, 5) is 16.6. The van der Waals surface area contributed by atoms with Crippen LogP contribution in [0.2, 0.25) is 0 Å². The van der Waals surface area contributed by atoms with Gasteiger partial charge in [-0.1, -0.05) is 49.4 Å². The molecule has 128 valence electrons. The van der Waals surface area contributed by atoms with Crippen molar-refractivity contribution in [3.05, 3.63) is 78.4 Å². The van der Waals surface area contributed by atoms with Gasteiger partial charge in [0.15, 0.2) is 0 Å². The van der Waals surface area contributed by atoms with Crippen LogP contribution < -0.4 is 5.32 Å². The minimum absolute atomic E-state index is 0.0570. The molecule has 0 aliphatic carbocycles. The van der Waals surface area contributed by atoms with Crippen molar-refractivity contribution in [3.8, 4) is 5.69 Å². The number of carbonyl (C=O) groups is 1. The minimum Gasteiger partial charge on any atom is -0.349 e. The molecule has 1 amide bonds.